The first-order valence-electron chi connectivity index (χ1n) is 9.91. The van der Waals surface area contributed by atoms with Gasteiger partial charge in [0.25, 0.3) is 11.6 Å². The predicted octanol–water partition coefficient (Wildman–Crippen LogP) is 5.25. The first kappa shape index (κ1) is 22.0. The number of benzene rings is 2. The van der Waals surface area contributed by atoms with Crippen molar-refractivity contribution in [3.8, 4) is 0 Å². The van der Waals surface area contributed by atoms with Gasteiger partial charge in [0, 0.05) is 17.7 Å². The van der Waals surface area contributed by atoms with E-state index < -0.39 is 4.92 Å². The molecule has 1 aromatic heterocycles. The Labute approximate surface area is 193 Å². The van der Waals surface area contributed by atoms with Gasteiger partial charge in [-0.3, -0.25) is 19.8 Å². The number of amidine groups is 1. The Bertz CT molecular complexity index is 1260. The Morgan fingerprint density at radius 3 is 2.64 bits per heavy atom. The van der Waals surface area contributed by atoms with Gasteiger partial charge in [0.1, 0.15) is 5.76 Å². The summed E-state index contributed by atoms with van der Waals surface area (Å²) in [6.07, 6.45) is 8.41. The fourth-order valence-electron chi connectivity index (χ4n) is 2.97. The number of non-ortho nitro benzene ring substituents is 1. The Hall–Kier alpha value is -4.24. The summed E-state index contributed by atoms with van der Waals surface area (Å²) in [5.74, 6) is 0.402. The van der Waals surface area contributed by atoms with E-state index in [1.807, 2.05) is 42.5 Å². The molecule has 8 nitrogen and oxygen atoms in total. The molecule has 1 aliphatic heterocycles. The Morgan fingerprint density at radius 2 is 1.88 bits per heavy atom. The number of carbonyl (C=O) groups excluding carboxylic acids is 1. The summed E-state index contributed by atoms with van der Waals surface area (Å²) in [5.41, 5.74) is 1.52. The van der Waals surface area contributed by atoms with Gasteiger partial charge >= 0.3 is 0 Å². The first-order valence-corrected chi connectivity index (χ1v) is 10.7. The Morgan fingerprint density at radius 1 is 1.06 bits per heavy atom. The van der Waals surface area contributed by atoms with Crippen LogP contribution in [0.2, 0.25) is 0 Å². The van der Waals surface area contributed by atoms with Crippen LogP contribution < -0.4 is 0 Å². The molecule has 0 saturated carbocycles. The molecule has 3 aromatic rings. The van der Waals surface area contributed by atoms with Crippen molar-refractivity contribution in [2.45, 2.75) is 6.54 Å². The van der Waals surface area contributed by atoms with Gasteiger partial charge in [-0.05, 0) is 35.5 Å². The monoisotopic (exact) mass is 458 g/mol. The van der Waals surface area contributed by atoms with Gasteiger partial charge in [-0.15, -0.1) is 5.10 Å². The van der Waals surface area contributed by atoms with E-state index in [1.165, 1.54) is 35.0 Å². The molecule has 0 radical (unpaired) electrons. The third kappa shape index (κ3) is 5.72. The average molecular weight is 458 g/mol. The van der Waals surface area contributed by atoms with Crippen LogP contribution in [-0.2, 0) is 11.3 Å². The number of rotatable bonds is 7. The zero-order valence-corrected chi connectivity index (χ0v) is 18.1. The minimum absolute atomic E-state index is 0.0353. The SMILES string of the molecule is O=C1/C(=C/C=C/c2ccccc2)S/C(=N/N=C\c2cccc([N+](=O)[O-])c2)N1Cc1ccco1. The second kappa shape index (κ2) is 10.4. The van der Waals surface area contributed by atoms with Gasteiger partial charge < -0.3 is 4.42 Å². The topological polar surface area (TPSA) is 101 Å². The molecule has 4 rings (SSSR count). The molecule has 2 heterocycles. The number of nitro benzene ring substituents is 1. The van der Waals surface area contributed by atoms with Gasteiger partial charge in [0.05, 0.1) is 28.9 Å². The maximum Gasteiger partial charge on any atom is 0.270 e. The van der Waals surface area contributed by atoms with Crippen molar-refractivity contribution in [3.63, 3.8) is 0 Å². The highest BCUT2D eigenvalue weighted by Gasteiger charge is 2.33. The lowest BCUT2D eigenvalue weighted by molar-refractivity contribution is -0.384. The van der Waals surface area contributed by atoms with Crippen LogP contribution >= 0.6 is 11.8 Å². The number of amides is 1. The summed E-state index contributed by atoms with van der Waals surface area (Å²) >= 11 is 1.20. The molecule has 9 heteroatoms. The number of allylic oxidation sites excluding steroid dienone is 2. The van der Waals surface area contributed by atoms with Gasteiger partial charge in [-0.2, -0.15) is 5.10 Å². The van der Waals surface area contributed by atoms with E-state index in [2.05, 4.69) is 10.2 Å². The molecule has 2 aromatic carbocycles. The number of hydrogen-bond donors (Lipinski definition) is 0. The summed E-state index contributed by atoms with van der Waals surface area (Å²) in [4.78, 5) is 25.4. The Balaban J connectivity index is 1.56. The molecule has 33 heavy (non-hydrogen) atoms. The van der Waals surface area contributed by atoms with Crippen LogP contribution in [0.25, 0.3) is 6.08 Å². The van der Waals surface area contributed by atoms with Crippen molar-refractivity contribution in [3.05, 3.63) is 117 Å². The highest BCUT2D eigenvalue weighted by atomic mass is 32.2. The van der Waals surface area contributed by atoms with Gasteiger partial charge in [-0.1, -0.05) is 54.6 Å². The molecule has 0 N–H and O–H groups in total. The smallest absolute Gasteiger partial charge is 0.270 e. The molecule has 0 spiro atoms. The largest absolute Gasteiger partial charge is 0.467 e. The molecule has 1 aliphatic rings. The summed E-state index contributed by atoms with van der Waals surface area (Å²) in [6.45, 7) is 0.212. The van der Waals surface area contributed by atoms with Crippen LogP contribution in [-0.4, -0.2) is 27.1 Å². The molecule has 164 valence electrons. The molecule has 0 bridgehead atoms. The molecule has 0 atom stereocenters. The number of thioether (sulfide) groups is 1. The standard InChI is InChI=1S/C24H18N4O4S/c29-23-22(13-5-9-18-7-2-1-3-8-18)33-24(27(23)17-21-12-6-14-32-21)26-25-16-19-10-4-11-20(15-19)28(30)31/h1-16H,17H2/b9-5+,22-13-,25-16-,26-24+. The van der Waals surface area contributed by atoms with E-state index in [-0.39, 0.29) is 18.1 Å². The van der Waals surface area contributed by atoms with Crippen molar-refractivity contribution >= 4 is 40.8 Å². The second-order valence-electron chi connectivity index (χ2n) is 6.85. The predicted molar refractivity (Wildman–Crippen MR) is 129 cm³/mol. The lowest BCUT2D eigenvalue weighted by atomic mass is 10.2. The fourth-order valence-corrected chi connectivity index (χ4v) is 3.86. The number of nitro groups is 1. The summed E-state index contributed by atoms with van der Waals surface area (Å²) in [6, 6.07) is 19.3. The van der Waals surface area contributed by atoms with E-state index >= 15 is 0 Å². The first-order chi connectivity index (χ1) is 16.1. The van der Waals surface area contributed by atoms with E-state index in [0.717, 1.165) is 5.56 Å². The fraction of sp³-hybridized carbons (Fsp3) is 0.0417. The molecule has 1 saturated heterocycles. The molecule has 0 aliphatic carbocycles. The zero-order chi connectivity index (χ0) is 23.0. The van der Waals surface area contributed by atoms with Crippen LogP contribution in [0.3, 0.4) is 0 Å². The van der Waals surface area contributed by atoms with Crippen molar-refractivity contribution in [1.82, 2.24) is 4.90 Å². The highest BCUT2D eigenvalue weighted by molar-refractivity contribution is 8.18. The summed E-state index contributed by atoms with van der Waals surface area (Å²) in [7, 11) is 0. The van der Waals surface area contributed by atoms with E-state index in [1.54, 1.807) is 36.6 Å². The molecular weight excluding hydrogens is 440 g/mol. The quantitative estimate of drug-likeness (QED) is 0.208. The summed E-state index contributed by atoms with van der Waals surface area (Å²) in [5, 5.41) is 19.6. The van der Waals surface area contributed by atoms with Crippen molar-refractivity contribution < 1.29 is 14.1 Å². The second-order valence-corrected chi connectivity index (χ2v) is 7.86. The molecular formula is C24H18N4O4S. The van der Waals surface area contributed by atoms with Crippen LogP contribution in [0, 0.1) is 10.1 Å². The van der Waals surface area contributed by atoms with Crippen molar-refractivity contribution in [1.29, 1.82) is 0 Å². The molecule has 0 unspecified atom stereocenters. The van der Waals surface area contributed by atoms with Gasteiger partial charge in [0.2, 0.25) is 0 Å². The van der Waals surface area contributed by atoms with Crippen LogP contribution in [0.15, 0.2) is 105 Å². The number of carbonyl (C=O) groups is 1. The van der Waals surface area contributed by atoms with E-state index in [0.29, 0.717) is 21.4 Å². The van der Waals surface area contributed by atoms with Crippen LogP contribution in [0.4, 0.5) is 5.69 Å². The normalized spacial score (nSPS) is 16.6. The van der Waals surface area contributed by atoms with Crippen LogP contribution in [0.5, 0.6) is 0 Å². The average Bonchev–Trinajstić information content (AvgIpc) is 3.44. The van der Waals surface area contributed by atoms with E-state index in [9.17, 15) is 14.9 Å². The van der Waals surface area contributed by atoms with Crippen molar-refractivity contribution in [2.24, 2.45) is 10.2 Å². The highest BCUT2D eigenvalue weighted by Crippen LogP contribution is 2.32. The lowest BCUT2D eigenvalue weighted by Crippen LogP contribution is -2.28. The third-order valence-corrected chi connectivity index (χ3v) is 5.56. The third-order valence-electron chi connectivity index (χ3n) is 4.55. The van der Waals surface area contributed by atoms with Gasteiger partial charge in [0.15, 0.2) is 5.17 Å². The minimum Gasteiger partial charge on any atom is -0.467 e. The minimum atomic E-state index is -0.472. The maximum atomic E-state index is 13.0. The van der Waals surface area contributed by atoms with Gasteiger partial charge in [-0.25, -0.2) is 0 Å². The zero-order valence-electron chi connectivity index (χ0n) is 17.3. The Kier molecular flexibility index (Phi) is 6.91. The summed E-state index contributed by atoms with van der Waals surface area (Å²) < 4.78 is 5.38. The number of nitrogens with zero attached hydrogens (tertiary/aromatic N) is 4. The number of hydrogen-bond acceptors (Lipinski definition) is 7. The number of furan rings is 1. The molecule has 1 fully saturated rings. The van der Waals surface area contributed by atoms with Crippen molar-refractivity contribution in [2.75, 3.05) is 0 Å². The maximum absolute atomic E-state index is 13.0. The van der Waals surface area contributed by atoms with Crippen LogP contribution in [0.1, 0.15) is 16.9 Å². The lowest BCUT2D eigenvalue weighted by Gasteiger charge is -2.12. The molecule has 1 amide bonds. The van der Waals surface area contributed by atoms with E-state index in [4.69, 9.17) is 4.42 Å².